The van der Waals surface area contributed by atoms with Gasteiger partial charge in [-0.3, -0.25) is 24.5 Å². The largest absolute Gasteiger partial charge is 0.458 e. The third-order valence-electron chi connectivity index (χ3n) is 12.1. The monoisotopic (exact) mass is 854 g/mol. The van der Waals surface area contributed by atoms with Crippen LogP contribution in [-0.2, 0) is 41.6 Å². The normalized spacial score (nSPS) is 28.5. The minimum absolute atomic E-state index is 0.00855. The highest BCUT2D eigenvalue weighted by Gasteiger charge is 2.47. The van der Waals surface area contributed by atoms with E-state index in [2.05, 4.69) is 26.2 Å². The molecule has 3 fully saturated rings. The quantitative estimate of drug-likeness (QED) is 0.215. The first kappa shape index (κ1) is 45.1. The van der Waals surface area contributed by atoms with Gasteiger partial charge < -0.3 is 50.5 Å². The number of carbonyl (C=O) groups excluding carboxylic acids is 6. The van der Waals surface area contributed by atoms with Crippen LogP contribution in [0.3, 0.4) is 0 Å². The van der Waals surface area contributed by atoms with E-state index in [4.69, 9.17) is 4.74 Å². The van der Waals surface area contributed by atoms with Crippen molar-refractivity contribution in [2.24, 2.45) is 5.92 Å². The molecule has 19 heteroatoms. The summed E-state index contributed by atoms with van der Waals surface area (Å²) in [6, 6.07) is -0.622. The van der Waals surface area contributed by atoms with Crippen LogP contribution in [0.5, 0.6) is 0 Å². The minimum Gasteiger partial charge on any atom is -0.458 e. The van der Waals surface area contributed by atoms with Crippen molar-refractivity contribution >= 4 is 47.0 Å². The van der Waals surface area contributed by atoms with Crippen LogP contribution in [0.4, 0.5) is 25.0 Å². The van der Waals surface area contributed by atoms with Gasteiger partial charge in [0.15, 0.2) is 0 Å². The van der Waals surface area contributed by atoms with Crippen molar-refractivity contribution in [2.45, 2.75) is 114 Å². The zero-order chi connectivity index (χ0) is 44.4. The molecule has 6 N–H and O–H groups in total. The highest BCUT2D eigenvalue weighted by Crippen LogP contribution is 2.30. The van der Waals surface area contributed by atoms with E-state index in [9.17, 15) is 47.8 Å². The fourth-order valence-corrected chi connectivity index (χ4v) is 8.94. The molecule has 2 aromatic carbocycles. The van der Waals surface area contributed by atoms with Crippen molar-refractivity contribution < 1.29 is 52.5 Å². The molecule has 10 atom stereocenters. The smallest absolute Gasteiger partial charge is 0.329 e. The van der Waals surface area contributed by atoms with Gasteiger partial charge in [0.2, 0.25) is 23.6 Å². The summed E-state index contributed by atoms with van der Waals surface area (Å²) in [4.78, 5) is 90.3. The predicted octanol–water partition coefficient (Wildman–Crippen LogP) is 0.852. The number of ether oxygens (including phenoxy) is 1. The van der Waals surface area contributed by atoms with Crippen LogP contribution in [-0.4, -0.2) is 149 Å². The van der Waals surface area contributed by atoms with Crippen LogP contribution in [0, 0.1) is 17.6 Å². The average Bonchev–Trinajstić information content (AvgIpc) is 3.93. The van der Waals surface area contributed by atoms with Gasteiger partial charge in [-0.2, -0.15) is 0 Å². The number of aliphatic hydroxyl groups excluding tert-OH is 2. The number of carbonyl (C=O) groups is 6. The van der Waals surface area contributed by atoms with Crippen molar-refractivity contribution in [1.29, 1.82) is 0 Å². The van der Waals surface area contributed by atoms with Gasteiger partial charge in [0.25, 0.3) is 0 Å². The summed E-state index contributed by atoms with van der Waals surface area (Å²) in [5, 5.41) is 32.7. The molecule has 2 aromatic rings. The third kappa shape index (κ3) is 10.1. The number of anilines is 2. The number of urea groups is 1. The Labute approximate surface area is 353 Å². The molecule has 6 rings (SSSR count). The van der Waals surface area contributed by atoms with E-state index in [1.165, 1.54) is 37.6 Å². The summed E-state index contributed by atoms with van der Waals surface area (Å²) >= 11 is 0. The second-order valence-corrected chi connectivity index (χ2v) is 16.8. The number of benzene rings is 2. The summed E-state index contributed by atoms with van der Waals surface area (Å²) in [7, 11) is 3.31. The summed E-state index contributed by atoms with van der Waals surface area (Å²) in [5.74, 6) is -5.85. The molecular formula is C42H56F2N8O9. The fourth-order valence-electron chi connectivity index (χ4n) is 8.94. The Bertz CT molecular complexity index is 2000. The number of hydrogen-bond acceptors (Lipinski definition) is 11. The lowest BCUT2D eigenvalue weighted by molar-refractivity contribution is -0.163. The molecule has 332 valence electrons. The van der Waals surface area contributed by atoms with E-state index >= 15 is 0 Å². The molecular weight excluding hydrogens is 799 g/mol. The highest BCUT2D eigenvalue weighted by molar-refractivity contribution is 5.97. The molecule has 0 saturated carbocycles. The van der Waals surface area contributed by atoms with Crippen molar-refractivity contribution in [3.63, 3.8) is 0 Å². The number of amides is 6. The maximum Gasteiger partial charge on any atom is 0.329 e. The molecule has 0 radical (unpaired) electrons. The molecule has 1 unspecified atom stereocenters. The lowest BCUT2D eigenvalue weighted by Gasteiger charge is -2.39. The van der Waals surface area contributed by atoms with Gasteiger partial charge >= 0.3 is 12.0 Å². The van der Waals surface area contributed by atoms with Gasteiger partial charge in [-0.25, -0.2) is 18.4 Å². The van der Waals surface area contributed by atoms with Crippen LogP contribution in [0.2, 0.25) is 0 Å². The van der Waals surface area contributed by atoms with Gasteiger partial charge in [-0.15, -0.1) is 0 Å². The van der Waals surface area contributed by atoms with Gasteiger partial charge in [0.1, 0.15) is 48.1 Å². The van der Waals surface area contributed by atoms with E-state index in [1.54, 1.807) is 12.1 Å². The molecule has 4 heterocycles. The molecule has 0 aliphatic carbocycles. The first-order valence-electron chi connectivity index (χ1n) is 20.7. The van der Waals surface area contributed by atoms with Gasteiger partial charge in [0.05, 0.1) is 18.2 Å². The summed E-state index contributed by atoms with van der Waals surface area (Å²) in [5.41, 5.74) is 2.44. The van der Waals surface area contributed by atoms with Crippen LogP contribution in [0.15, 0.2) is 36.4 Å². The molecule has 0 bridgehead atoms. The Hall–Kier alpha value is -5.40. The molecule has 0 spiro atoms. The van der Waals surface area contributed by atoms with Crippen molar-refractivity contribution in [3.8, 4) is 0 Å². The summed E-state index contributed by atoms with van der Waals surface area (Å²) in [6.45, 7) is 7.09. The second kappa shape index (κ2) is 18.7. The van der Waals surface area contributed by atoms with Crippen molar-refractivity contribution in [1.82, 2.24) is 30.7 Å². The number of cyclic esters (lactones) is 1. The number of hydrogen-bond donors (Lipinski definition) is 6. The Morgan fingerprint density at radius 1 is 0.951 bits per heavy atom. The maximum atomic E-state index is 14.7. The molecule has 4 aliphatic heterocycles. The zero-order valence-corrected chi connectivity index (χ0v) is 35.2. The Morgan fingerprint density at radius 3 is 2.34 bits per heavy atom. The number of likely N-dealkylation sites (N-methyl/N-ethyl adjacent to an activating group) is 2. The van der Waals surface area contributed by atoms with Gasteiger partial charge in [-0.05, 0) is 93.8 Å². The van der Waals surface area contributed by atoms with Crippen LogP contribution < -0.4 is 26.2 Å². The van der Waals surface area contributed by atoms with E-state index in [-0.39, 0.29) is 37.4 Å². The minimum atomic E-state index is -1.67. The van der Waals surface area contributed by atoms with Gasteiger partial charge in [-0.1, -0.05) is 6.92 Å². The van der Waals surface area contributed by atoms with E-state index in [0.29, 0.717) is 18.2 Å². The first-order chi connectivity index (χ1) is 28.8. The summed E-state index contributed by atoms with van der Waals surface area (Å²) in [6.07, 6.45) is -3.25. The molecule has 4 aliphatic rings. The van der Waals surface area contributed by atoms with Crippen LogP contribution in [0.25, 0.3) is 0 Å². The molecule has 6 amide bonds. The Balaban J connectivity index is 1.33. The number of halogens is 2. The SMILES string of the molecule is C[C@@H]1C[C@H]2C(=O)O[C@@H](C)[C@H](NC(=O)[C@H](Cc3cc(F)cc(F)c3)NC(=O)Nc3ccc4c(c3)CCN4C)C(=O)N3CCC[C@H]3C(=O)N(C)C([C@@H](C)O)[C@@H](O)N[C@@H](C)C(=O)N2C1. The zero-order valence-electron chi connectivity index (χ0n) is 35.2. The predicted molar refractivity (Wildman–Crippen MR) is 218 cm³/mol. The molecule has 17 nitrogen and oxygen atoms in total. The maximum absolute atomic E-state index is 14.7. The molecule has 61 heavy (non-hydrogen) atoms. The number of rotatable bonds is 7. The van der Waals surface area contributed by atoms with Crippen LogP contribution >= 0.6 is 0 Å². The van der Waals surface area contributed by atoms with E-state index in [1.807, 2.05) is 20.0 Å². The first-order valence-corrected chi connectivity index (χ1v) is 20.7. The highest BCUT2D eigenvalue weighted by atomic mass is 19.1. The topological polar surface area (TPSA) is 213 Å². The third-order valence-corrected chi connectivity index (χ3v) is 12.1. The van der Waals surface area contributed by atoms with E-state index in [0.717, 1.165) is 41.2 Å². The average molecular weight is 855 g/mol. The Kier molecular flexibility index (Phi) is 13.8. The molecule has 0 aromatic heterocycles. The number of nitrogens with zero attached hydrogens (tertiary/aromatic N) is 4. The number of nitrogens with one attached hydrogen (secondary N) is 4. The lowest BCUT2D eigenvalue weighted by atomic mass is 10.0. The lowest BCUT2D eigenvalue weighted by Crippen LogP contribution is -2.64. The van der Waals surface area contributed by atoms with Crippen molar-refractivity contribution in [3.05, 3.63) is 59.2 Å². The van der Waals surface area contributed by atoms with Crippen LogP contribution in [0.1, 0.15) is 58.1 Å². The van der Waals surface area contributed by atoms with Gasteiger partial charge in [0, 0.05) is 57.6 Å². The molecule has 3 saturated heterocycles. The van der Waals surface area contributed by atoms with E-state index < -0.39 is 108 Å². The standard InChI is InChI=1S/C42H56F2N8O9/c1-21-14-33-41(59)61-24(4)34(40(58)51-12-7-8-32(51)39(57)50(6)35(23(3)53)37(55)45-22(2)38(56)52(33)20-21)48-36(54)30(17-25-15-27(43)19-28(44)16-25)47-42(60)46-29-9-10-31-26(18-29)11-13-49(31)5/h9-10,15-16,18-19,21-24,30,32-35,37,45,53,55H,7-8,11-14,17,20H2,1-6H3,(H,48,54)(H2,46,47,60)/t21-,22+,23-,24+,30+,32+,33+,34+,35?,37-/m1/s1. The Morgan fingerprint density at radius 2 is 1.66 bits per heavy atom. The fraction of sp³-hybridized carbons (Fsp3) is 0.571. The number of fused-ring (bicyclic) bond motifs is 3. The number of esters is 1. The second-order valence-electron chi connectivity index (χ2n) is 16.8. The number of aliphatic hydroxyl groups is 2. The van der Waals surface area contributed by atoms with Crippen molar-refractivity contribution in [2.75, 3.05) is 43.9 Å². The summed E-state index contributed by atoms with van der Waals surface area (Å²) < 4.78 is 34.7.